The molecule has 5 nitrogen and oxygen atoms in total. The van der Waals surface area contributed by atoms with E-state index in [0.29, 0.717) is 30.6 Å². The maximum absolute atomic E-state index is 13.2. The van der Waals surface area contributed by atoms with Crippen LogP contribution in [-0.2, 0) is 22.5 Å². The van der Waals surface area contributed by atoms with Crippen molar-refractivity contribution in [2.75, 3.05) is 13.2 Å². The third-order valence-corrected chi connectivity index (χ3v) is 7.15. The molecule has 0 bridgehead atoms. The normalized spacial score (nSPS) is 10.8. The summed E-state index contributed by atoms with van der Waals surface area (Å²) >= 11 is 1.52. The summed E-state index contributed by atoms with van der Waals surface area (Å²) in [5.74, 6) is -0.767. The van der Waals surface area contributed by atoms with Crippen LogP contribution < -0.4 is 0 Å². The van der Waals surface area contributed by atoms with Gasteiger partial charge < -0.3 is 9.64 Å². The lowest BCUT2D eigenvalue weighted by atomic mass is 10.1. The molecule has 0 atom stereocenters. The van der Waals surface area contributed by atoms with Crippen LogP contribution in [0.1, 0.15) is 21.5 Å². The number of fused-ring (bicyclic) bond motifs is 1. The van der Waals surface area contributed by atoms with Gasteiger partial charge in [-0.1, -0.05) is 91.0 Å². The number of aromatic nitrogens is 1. The molecule has 0 radical (unpaired) electrons. The van der Waals surface area contributed by atoms with Crippen molar-refractivity contribution in [1.82, 2.24) is 9.88 Å². The zero-order valence-electron chi connectivity index (χ0n) is 20.2. The number of ether oxygens (including phenoxy) is 1. The first-order valence-corrected chi connectivity index (χ1v) is 13.0. The van der Waals surface area contributed by atoms with E-state index in [4.69, 9.17) is 4.74 Å². The van der Waals surface area contributed by atoms with Crippen molar-refractivity contribution in [1.29, 1.82) is 0 Å². The Hall–Kier alpha value is -4.29. The Labute approximate surface area is 220 Å². The molecule has 184 valence electrons. The molecule has 6 heteroatoms. The number of amides is 1. The van der Waals surface area contributed by atoms with Crippen molar-refractivity contribution in [3.05, 3.63) is 126 Å². The van der Waals surface area contributed by atoms with Crippen molar-refractivity contribution in [3.8, 4) is 10.6 Å². The Bertz CT molecular complexity index is 1470. The first kappa shape index (κ1) is 24.4. The molecule has 37 heavy (non-hydrogen) atoms. The summed E-state index contributed by atoms with van der Waals surface area (Å²) < 4.78 is 6.59. The van der Waals surface area contributed by atoms with Crippen molar-refractivity contribution < 1.29 is 14.3 Å². The van der Waals surface area contributed by atoms with E-state index in [-0.39, 0.29) is 12.5 Å². The molecule has 0 aliphatic heterocycles. The maximum Gasteiger partial charge on any atom is 0.339 e. The molecule has 0 saturated carbocycles. The Morgan fingerprint density at radius 1 is 0.757 bits per heavy atom. The summed E-state index contributed by atoms with van der Waals surface area (Å²) in [5.41, 5.74) is 4.15. The van der Waals surface area contributed by atoms with Gasteiger partial charge in [0.1, 0.15) is 5.01 Å². The smallest absolute Gasteiger partial charge is 0.339 e. The molecule has 5 rings (SSSR count). The third-order valence-electron chi connectivity index (χ3n) is 6.08. The zero-order chi connectivity index (χ0) is 25.5. The van der Waals surface area contributed by atoms with Gasteiger partial charge in [0.2, 0.25) is 0 Å². The highest BCUT2D eigenvalue weighted by atomic mass is 32.1. The van der Waals surface area contributed by atoms with Crippen LogP contribution in [-0.4, -0.2) is 34.9 Å². The number of esters is 1. The second-order valence-electron chi connectivity index (χ2n) is 8.64. The molecule has 0 aliphatic rings. The summed E-state index contributed by atoms with van der Waals surface area (Å²) in [4.78, 5) is 32.7. The number of benzene rings is 4. The van der Waals surface area contributed by atoms with Crippen molar-refractivity contribution in [2.45, 2.75) is 13.0 Å². The summed E-state index contributed by atoms with van der Waals surface area (Å²) in [6.45, 7) is 0.651. The highest BCUT2D eigenvalue weighted by molar-refractivity contribution is 7.21. The summed E-state index contributed by atoms with van der Waals surface area (Å²) in [6.07, 6.45) is 0.716. The van der Waals surface area contributed by atoms with Crippen molar-refractivity contribution in [3.63, 3.8) is 0 Å². The first-order valence-electron chi connectivity index (χ1n) is 12.1. The van der Waals surface area contributed by atoms with Crippen molar-refractivity contribution in [2.24, 2.45) is 0 Å². The number of rotatable bonds is 9. The minimum atomic E-state index is -0.536. The van der Waals surface area contributed by atoms with E-state index in [1.54, 1.807) is 17.0 Å². The van der Waals surface area contributed by atoms with Crippen LogP contribution in [0.25, 0.3) is 20.8 Å². The Morgan fingerprint density at radius 3 is 2.16 bits per heavy atom. The van der Waals surface area contributed by atoms with Crippen LogP contribution in [0, 0.1) is 0 Å². The predicted molar refractivity (Wildman–Crippen MR) is 147 cm³/mol. The van der Waals surface area contributed by atoms with E-state index in [1.165, 1.54) is 11.3 Å². The molecule has 0 fully saturated rings. The lowest BCUT2D eigenvalue weighted by Gasteiger charge is -2.23. The summed E-state index contributed by atoms with van der Waals surface area (Å²) in [5, 5.41) is 0.744. The summed E-state index contributed by atoms with van der Waals surface area (Å²) in [6, 6.07) is 35.0. The lowest BCUT2D eigenvalue weighted by Crippen LogP contribution is -2.36. The standard InChI is InChI=1S/C31H26N2O3S/c34-29(33(21-24-13-5-2-6-14-24)20-19-23-11-3-1-4-12-23)22-36-31(35)26-16-8-7-15-25(26)30-32-27-17-9-10-18-28(27)37-30/h1-18H,19-22H2. The fourth-order valence-electron chi connectivity index (χ4n) is 4.14. The van der Waals surface area contributed by atoms with Gasteiger partial charge in [0.15, 0.2) is 6.61 Å². The molecule has 0 spiro atoms. The Kier molecular flexibility index (Phi) is 7.67. The lowest BCUT2D eigenvalue weighted by molar-refractivity contribution is -0.135. The maximum atomic E-state index is 13.2. The largest absolute Gasteiger partial charge is 0.452 e. The fourth-order valence-corrected chi connectivity index (χ4v) is 5.14. The van der Waals surface area contributed by atoms with Gasteiger partial charge in [-0.15, -0.1) is 11.3 Å². The van der Waals surface area contributed by atoms with Gasteiger partial charge in [-0.25, -0.2) is 9.78 Å². The van der Waals surface area contributed by atoms with Crippen LogP contribution in [0.5, 0.6) is 0 Å². The second kappa shape index (κ2) is 11.6. The predicted octanol–water partition coefficient (Wildman–Crippen LogP) is 6.39. The van der Waals surface area contributed by atoms with E-state index in [1.807, 2.05) is 97.1 Å². The third kappa shape index (κ3) is 6.11. The van der Waals surface area contributed by atoms with Crippen LogP contribution in [0.4, 0.5) is 0 Å². The molecule has 5 aromatic rings. The van der Waals surface area contributed by atoms with E-state index in [0.717, 1.165) is 26.4 Å². The number of nitrogens with zero attached hydrogens (tertiary/aromatic N) is 2. The van der Waals surface area contributed by atoms with E-state index < -0.39 is 5.97 Å². The van der Waals surface area contributed by atoms with E-state index >= 15 is 0 Å². The number of para-hydroxylation sites is 1. The molecular weight excluding hydrogens is 480 g/mol. The molecular formula is C31H26N2O3S. The minimum absolute atomic E-state index is 0.231. The number of thiazole rings is 1. The first-order chi connectivity index (χ1) is 18.2. The molecule has 1 amide bonds. The minimum Gasteiger partial charge on any atom is -0.452 e. The van der Waals surface area contributed by atoms with E-state index in [2.05, 4.69) is 4.98 Å². The Morgan fingerprint density at radius 2 is 1.41 bits per heavy atom. The molecule has 4 aromatic carbocycles. The molecule has 0 saturated heterocycles. The average molecular weight is 507 g/mol. The molecule has 0 aliphatic carbocycles. The molecule has 0 unspecified atom stereocenters. The van der Waals surface area contributed by atoms with Crippen LogP contribution in [0.2, 0.25) is 0 Å². The molecule has 1 aromatic heterocycles. The number of carbonyl (C=O) groups excluding carboxylic acids is 2. The number of hydrogen-bond acceptors (Lipinski definition) is 5. The number of hydrogen-bond donors (Lipinski definition) is 0. The molecule has 0 N–H and O–H groups in total. The van der Waals surface area contributed by atoms with Gasteiger partial charge in [0.25, 0.3) is 5.91 Å². The monoisotopic (exact) mass is 506 g/mol. The van der Waals surface area contributed by atoms with Gasteiger partial charge in [-0.3, -0.25) is 4.79 Å². The highest BCUT2D eigenvalue weighted by Crippen LogP contribution is 2.32. The second-order valence-corrected chi connectivity index (χ2v) is 9.68. The summed E-state index contributed by atoms with van der Waals surface area (Å²) in [7, 11) is 0. The zero-order valence-corrected chi connectivity index (χ0v) is 21.1. The Balaban J connectivity index is 1.29. The van der Waals surface area contributed by atoms with Gasteiger partial charge in [0.05, 0.1) is 15.8 Å². The number of carbonyl (C=O) groups is 2. The van der Waals surface area contributed by atoms with Crippen LogP contribution in [0.15, 0.2) is 109 Å². The van der Waals surface area contributed by atoms with Crippen LogP contribution in [0.3, 0.4) is 0 Å². The van der Waals surface area contributed by atoms with Crippen molar-refractivity contribution >= 4 is 33.4 Å². The molecule has 1 heterocycles. The van der Waals surface area contributed by atoms with Crippen LogP contribution >= 0.6 is 11.3 Å². The fraction of sp³-hybridized carbons (Fsp3) is 0.129. The van der Waals surface area contributed by atoms with E-state index in [9.17, 15) is 9.59 Å². The highest BCUT2D eigenvalue weighted by Gasteiger charge is 2.20. The van der Waals surface area contributed by atoms with Gasteiger partial charge in [-0.05, 0) is 35.7 Å². The SMILES string of the molecule is O=C(OCC(=O)N(CCc1ccccc1)Cc1ccccc1)c1ccccc1-c1nc2ccccc2s1. The van der Waals surface area contributed by atoms with Gasteiger partial charge in [-0.2, -0.15) is 0 Å². The quantitative estimate of drug-likeness (QED) is 0.217. The van der Waals surface area contributed by atoms with Gasteiger partial charge >= 0.3 is 5.97 Å². The topological polar surface area (TPSA) is 59.5 Å². The average Bonchev–Trinajstić information content (AvgIpc) is 3.39. The van der Waals surface area contributed by atoms with Gasteiger partial charge in [0, 0.05) is 18.7 Å².